The molecule has 2 aromatic rings. The number of nitrogens with zero attached hydrogens (tertiary/aromatic N) is 3. The maximum Gasteiger partial charge on any atom is 0.245 e. The fourth-order valence-corrected chi connectivity index (χ4v) is 1.15. The highest BCUT2D eigenvalue weighted by molar-refractivity contribution is 5.84. The predicted molar refractivity (Wildman–Crippen MR) is 56.5 cm³/mol. The largest absolute Gasteiger partial charge is 0.507 e. The van der Waals surface area contributed by atoms with Gasteiger partial charge in [0.25, 0.3) is 0 Å². The quantitative estimate of drug-likeness (QED) is 0.726. The van der Waals surface area contributed by atoms with Crippen LogP contribution in [0.5, 0.6) is 5.75 Å². The van der Waals surface area contributed by atoms with Gasteiger partial charge in [-0.2, -0.15) is 10.1 Å². The van der Waals surface area contributed by atoms with E-state index in [4.69, 9.17) is 0 Å². The summed E-state index contributed by atoms with van der Waals surface area (Å²) < 4.78 is 0. The summed E-state index contributed by atoms with van der Waals surface area (Å²) in [6.45, 7) is 1.91. The molecule has 0 unspecified atom stereocenters. The van der Waals surface area contributed by atoms with Gasteiger partial charge in [-0.05, 0) is 24.6 Å². The van der Waals surface area contributed by atoms with Gasteiger partial charge in [0.05, 0.1) is 0 Å². The normalized spacial score (nSPS) is 11.0. The molecule has 0 radical (unpaired) electrons. The summed E-state index contributed by atoms with van der Waals surface area (Å²) in [6, 6.07) is 5.38. The van der Waals surface area contributed by atoms with Gasteiger partial charge in [-0.3, -0.25) is 0 Å². The van der Waals surface area contributed by atoms with Gasteiger partial charge in [0, 0.05) is 11.8 Å². The van der Waals surface area contributed by atoms with Gasteiger partial charge >= 0.3 is 0 Å². The molecular formula is C10H10N4O. The number of phenols is 1. The lowest BCUT2D eigenvalue weighted by molar-refractivity contribution is 0.474. The molecule has 0 bridgehead atoms. The lowest BCUT2D eigenvalue weighted by Crippen LogP contribution is -1.83. The molecule has 0 atom stereocenters. The second kappa shape index (κ2) is 3.91. The summed E-state index contributed by atoms with van der Waals surface area (Å²) in [7, 11) is 0. The van der Waals surface area contributed by atoms with E-state index in [1.54, 1.807) is 12.1 Å². The Morgan fingerprint density at radius 1 is 1.47 bits per heavy atom. The first-order chi connectivity index (χ1) is 7.25. The zero-order valence-corrected chi connectivity index (χ0v) is 8.18. The molecule has 2 N–H and O–H groups in total. The Morgan fingerprint density at radius 3 is 3.00 bits per heavy atom. The highest BCUT2D eigenvalue weighted by Crippen LogP contribution is 2.16. The van der Waals surface area contributed by atoms with E-state index in [1.165, 1.54) is 12.5 Å². The zero-order chi connectivity index (χ0) is 10.7. The minimum atomic E-state index is 0.207. The number of benzene rings is 1. The highest BCUT2D eigenvalue weighted by atomic mass is 16.3. The Hall–Kier alpha value is -2.17. The Morgan fingerprint density at radius 2 is 2.33 bits per heavy atom. The summed E-state index contributed by atoms with van der Waals surface area (Å²) in [5.74, 6) is 0.619. The molecule has 0 aliphatic rings. The lowest BCUT2D eigenvalue weighted by atomic mass is 10.1. The molecule has 1 aromatic carbocycles. The van der Waals surface area contributed by atoms with Crippen molar-refractivity contribution < 1.29 is 5.11 Å². The van der Waals surface area contributed by atoms with Crippen LogP contribution in [0, 0.1) is 6.92 Å². The number of aromatic amines is 1. The maximum absolute atomic E-state index is 9.58. The van der Waals surface area contributed by atoms with Crippen LogP contribution in [0.4, 0.5) is 5.95 Å². The first-order valence-electron chi connectivity index (χ1n) is 4.45. The van der Waals surface area contributed by atoms with Gasteiger partial charge in [-0.1, -0.05) is 6.07 Å². The van der Waals surface area contributed by atoms with Crippen LogP contribution < -0.4 is 0 Å². The van der Waals surface area contributed by atoms with Gasteiger partial charge in [0.1, 0.15) is 12.1 Å². The third kappa shape index (κ3) is 2.19. The summed E-state index contributed by atoms with van der Waals surface area (Å²) in [4.78, 5) is 7.85. The van der Waals surface area contributed by atoms with Gasteiger partial charge in [0.15, 0.2) is 0 Å². The van der Waals surface area contributed by atoms with Crippen LogP contribution in [-0.2, 0) is 0 Å². The van der Waals surface area contributed by atoms with Crippen LogP contribution in [0.15, 0.2) is 29.5 Å². The van der Waals surface area contributed by atoms with Crippen molar-refractivity contribution in [1.29, 1.82) is 0 Å². The van der Waals surface area contributed by atoms with E-state index >= 15 is 0 Å². The van der Waals surface area contributed by atoms with Crippen molar-refractivity contribution in [3.63, 3.8) is 0 Å². The highest BCUT2D eigenvalue weighted by Gasteiger charge is 1.98. The molecule has 0 saturated heterocycles. The number of phenolic OH excluding ortho intramolecular Hbond substituents is 1. The Kier molecular flexibility index (Phi) is 2.45. The second-order valence-corrected chi connectivity index (χ2v) is 3.13. The zero-order valence-electron chi connectivity index (χ0n) is 8.18. The van der Waals surface area contributed by atoms with E-state index in [9.17, 15) is 5.11 Å². The van der Waals surface area contributed by atoms with Gasteiger partial charge in [-0.15, -0.1) is 0 Å². The van der Waals surface area contributed by atoms with Crippen molar-refractivity contribution in [2.75, 3.05) is 0 Å². The van der Waals surface area contributed by atoms with E-state index in [1.807, 2.05) is 13.0 Å². The molecule has 1 aromatic heterocycles. The van der Waals surface area contributed by atoms with Crippen LogP contribution >= 0.6 is 0 Å². The minimum absolute atomic E-state index is 0.207. The Balaban J connectivity index is 2.24. The number of nitrogens with one attached hydrogen (secondary N) is 1. The van der Waals surface area contributed by atoms with Gasteiger partial charge in [-0.25, -0.2) is 10.1 Å². The number of aromatic nitrogens is 3. The number of rotatable bonds is 2. The third-order valence-corrected chi connectivity index (χ3v) is 1.91. The molecule has 0 amide bonds. The Labute approximate surface area is 86.5 Å². The minimum Gasteiger partial charge on any atom is -0.507 e. The van der Waals surface area contributed by atoms with Crippen LogP contribution in [0.1, 0.15) is 11.1 Å². The molecule has 0 aliphatic heterocycles. The van der Waals surface area contributed by atoms with Crippen LogP contribution in [-0.4, -0.2) is 26.5 Å². The molecule has 15 heavy (non-hydrogen) atoms. The molecule has 2 rings (SSSR count). The van der Waals surface area contributed by atoms with Crippen molar-refractivity contribution in [3.05, 3.63) is 35.7 Å². The standard InChI is InChI=1S/C10H10N4O/c1-7-2-3-8(9(15)4-7)5-11-10-12-6-13-14-10/h2-6,15H,1H3,(H,12,13,14). The van der Waals surface area contributed by atoms with E-state index in [0.29, 0.717) is 11.5 Å². The van der Waals surface area contributed by atoms with Crippen molar-refractivity contribution in [2.24, 2.45) is 4.99 Å². The van der Waals surface area contributed by atoms with Gasteiger partial charge in [0.2, 0.25) is 5.95 Å². The Bertz CT molecular complexity index is 476. The van der Waals surface area contributed by atoms with Crippen molar-refractivity contribution in [3.8, 4) is 5.75 Å². The fraction of sp³-hybridized carbons (Fsp3) is 0.100. The predicted octanol–water partition coefficient (Wildman–Crippen LogP) is 1.57. The van der Waals surface area contributed by atoms with Crippen LogP contribution in [0.2, 0.25) is 0 Å². The molecule has 1 heterocycles. The summed E-state index contributed by atoms with van der Waals surface area (Å²) >= 11 is 0. The molecule has 0 spiro atoms. The monoisotopic (exact) mass is 202 g/mol. The smallest absolute Gasteiger partial charge is 0.245 e. The summed E-state index contributed by atoms with van der Waals surface area (Å²) in [5.41, 5.74) is 1.65. The lowest BCUT2D eigenvalue weighted by Gasteiger charge is -1.98. The molecule has 0 fully saturated rings. The van der Waals surface area contributed by atoms with E-state index < -0.39 is 0 Å². The summed E-state index contributed by atoms with van der Waals surface area (Å²) in [5, 5.41) is 15.8. The number of hydrogen-bond donors (Lipinski definition) is 2. The first-order valence-corrected chi connectivity index (χ1v) is 4.45. The number of hydrogen-bond acceptors (Lipinski definition) is 4. The third-order valence-electron chi connectivity index (χ3n) is 1.91. The average Bonchev–Trinajstić information content (AvgIpc) is 2.69. The van der Waals surface area contributed by atoms with E-state index in [0.717, 1.165) is 5.56 Å². The van der Waals surface area contributed by atoms with Gasteiger partial charge < -0.3 is 5.11 Å². The number of H-pyrrole nitrogens is 1. The first kappa shape index (κ1) is 9.39. The molecule has 0 saturated carbocycles. The number of aliphatic imine (C=N–C) groups is 1. The van der Waals surface area contributed by atoms with Crippen molar-refractivity contribution in [2.45, 2.75) is 6.92 Å². The van der Waals surface area contributed by atoms with E-state index in [2.05, 4.69) is 20.2 Å². The van der Waals surface area contributed by atoms with Crippen LogP contribution in [0.3, 0.4) is 0 Å². The number of aromatic hydroxyl groups is 1. The molecule has 76 valence electrons. The second-order valence-electron chi connectivity index (χ2n) is 3.13. The topological polar surface area (TPSA) is 74.2 Å². The van der Waals surface area contributed by atoms with Crippen LogP contribution in [0.25, 0.3) is 0 Å². The summed E-state index contributed by atoms with van der Waals surface area (Å²) in [6.07, 6.45) is 2.91. The molecule has 0 aliphatic carbocycles. The molecule has 5 heteroatoms. The molecular weight excluding hydrogens is 192 g/mol. The fourth-order valence-electron chi connectivity index (χ4n) is 1.15. The number of aryl methyl sites for hydroxylation is 1. The average molecular weight is 202 g/mol. The van der Waals surface area contributed by atoms with E-state index in [-0.39, 0.29) is 5.75 Å². The van der Waals surface area contributed by atoms with Crippen molar-refractivity contribution >= 4 is 12.2 Å². The maximum atomic E-state index is 9.58. The van der Waals surface area contributed by atoms with Crippen molar-refractivity contribution in [1.82, 2.24) is 15.2 Å². The molecule has 5 nitrogen and oxygen atoms in total. The SMILES string of the molecule is Cc1ccc(C=Nc2ncn[nH]2)c(O)c1.